The van der Waals surface area contributed by atoms with Crippen LogP contribution in [0.3, 0.4) is 0 Å². The molecule has 0 saturated carbocycles. The third-order valence-electron chi connectivity index (χ3n) is 3.84. The summed E-state index contributed by atoms with van der Waals surface area (Å²) in [6.07, 6.45) is 0.547. The Morgan fingerprint density at radius 3 is 2.39 bits per heavy atom. The van der Waals surface area contributed by atoms with Gasteiger partial charge in [-0.1, -0.05) is 13.8 Å². The molecule has 134 valence electrons. The van der Waals surface area contributed by atoms with Crippen molar-refractivity contribution in [3.05, 3.63) is 23.5 Å². The molecule has 5 nitrogen and oxygen atoms in total. The van der Waals surface area contributed by atoms with Crippen LogP contribution in [0.4, 0.5) is 4.39 Å². The van der Waals surface area contributed by atoms with E-state index in [1.165, 1.54) is 37.5 Å². The van der Waals surface area contributed by atoms with E-state index in [9.17, 15) is 12.8 Å². The molecule has 0 radical (unpaired) electrons. The monoisotopic (exact) mass is 368 g/mol. The second kappa shape index (κ2) is 8.82. The lowest BCUT2D eigenvalue weighted by molar-refractivity contribution is 0.382. The molecular formula is C15H26ClFN2O3S. The van der Waals surface area contributed by atoms with Gasteiger partial charge in [0.1, 0.15) is 0 Å². The molecule has 0 spiro atoms. The topological polar surface area (TPSA) is 72.6 Å². The zero-order chi connectivity index (χ0) is 17.1. The molecule has 23 heavy (non-hydrogen) atoms. The number of sulfonamides is 1. The Morgan fingerprint density at radius 2 is 1.91 bits per heavy atom. The first-order valence-corrected chi connectivity index (χ1v) is 8.62. The summed E-state index contributed by atoms with van der Waals surface area (Å²) in [6, 6.07) is 2.61. The molecule has 1 unspecified atom stereocenters. The zero-order valence-corrected chi connectivity index (χ0v) is 15.8. The van der Waals surface area contributed by atoms with Gasteiger partial charge in [0.05, 0.1) is 12.0 Å². The summed E-state index contributed by atoms with van der Waals surface area (Å²) >= 11 is 0. The molecular weight excluding hydrogens is 343 g/mol. The van der Waals surface area contributed by atoms with Gasteiger partial charge in [-0.2, -0.15) is 0 Å². The molecule has 0 aliphatic rings. The number of hydrogen-bond acceptors (Lipinski definition) is 4. The van der Waals surface area contributed by atoms with Crippen LogP contribution < -0.4 is 10.5 Å². The van der Waals surface area contributed by atoms with Gasteiger partial charge in [-0.25, -0.2) is 17.1 Å². The van der Waals surface area contributed by atoms with Crippen LogP contribution in [0.5, 0.6) is 5.75 Å². The molecule has 0 aliphatic carbocycles. The first-order valence-electron chi connectivity index (χ1n) is 7.18. The minimum atomic E-state index is -3.76. The molecule has 0 saturated heterocycles. The van der Waals surface area contributed by atoms with Crippen molar-refractivity contribution in [1.29, 1.82) is 0 Å². The van der Waals surface area contributed by atoms with Gasteiger partial charge >= 0.3 is 0 Å². The van der Waals surface area contributed by atoms with Gasteiger partial charge in [0.25, 0.3) is 0 Å². The highest BCUT2D eigenvalue weighted by molar-refractivity contribution is 7.89. The average molecular weight is 369 g/mol. The molecule has 0 aliphatic heterocycles. The predicted octanol–water partition coefficient (Wildman–Crippen LogP) is 2.56. The minimum absolute atomic E-state index is 0. The maximum atomic E-state index is 14.0. The number of benzene rings is 1. The lowest BCUT2D eigenvalue weighted by atomic mass is 10.0. The lowest BCUT2D eigenvalue weighted by Gasteiger charge is -2.22. The van der Waals surface area contributed by atoms with E-state index in [1.807, 2.05) is 13.8 Å². The minimum Gasteiger partial charge on any atom is -0.494 e. The highest BCUT2D eigenvalue weighted by Gasteiger charge is 2.26. The molecule has 2 N–H and O–H groups in total. The van der Waals surface area contributed by atoms with Crippen molar-refractivity contribution in [2.75, 3.05) is 20.7 Å². The molecule has 1 rings (SSSR count). The molecule has 1 aromatic carbocycles. The van der Waals surface area contributed by atoms with Crippen molar-refractivity contribution in [2.24, 2.45) is 11.7 Å². The van der Waals surface area contributed by atoms with Crippen LogP contribution in [0.2, 0.25) is 0 Å². The first-order chi connectivity index (χ1) is 10.1. The Balaban J connectivity index is 0.00000484. The van der Waals surface area contributed by atoms with E-state index < -0.39 is 15.8 Å². The third-order valence-corrected chi connectivity index (χ3v) is 5.84. The number of hydrogen-bond donors (Lipinski definition) is 1. The molecule has 1 aromatic rings. The van der Waals surface area contributed by atoms with Crippen molar-refractivity contribution in [1.82, 2.24) is 4.31 Å². The van der Waals surface area contributed by atoms with Gasteiger partial charge in [0.2, 0.25) is 10.0 Å². The van der Waals surface area contributed by atoms with Crippen LogP contribution in [0.25, 0.3) is 0 Å². The average Bonchev–Trinajstić information content (AvgIpc) is 2.46. The van der Waals surface area contributed by atoms with Gasteiger partial charge < -0.3 is 10.5 Å². The van der Waals surface area contributed by atoms with Gasteiger partial charge in [-0.3, -0.25) is 0 Å². The van der Waals surface area contributed by atoms with E-state index >= 15 is 0 Å². The maximum Gasteiger partial charge on any atom is 0.243 e. The molecule has 0 aromatic heterocycles. The number of methoxy groups -OCH3 is 1. The summed E-state index contributed by atoms with van der Waals surface area (Å²) in [4.78, 5) is -0.0496. The van der Waals surface area contributed by atoms with E-state index in [4.69, 9.17) is 10.5 Å². The highest BCUT2D eigenvalue weighted by Crippen LogP contribution is 2.27. The second-order valence-electron chi connectivity index (χ2n) is 5.73. The van der Waals surface area contributed by atoms with E-state index in [2.05, 4.69) is 0 Å². The van der Waals surface area contributed by atoms with Crippen LogP contribution in [-0.4, -0.2) is 39.5 Å². The Morgan fingerprint density at radius 1 is 1.35 bits per heavy atom. The van der Waals surface area contributed by atoms with Crippen LogP contribution >= 0.6 is 12.4 Å². The van der Waals surface area contributed by atoms with Crippen LogP contribution in [-0.2, 0) is 10.0 Å². The quantitative estimate of drug-likeness (QED) is 0.802. The lowest BCUT2D eigenvalue weighted by Crippen LogP contribution is -2.35. The molecule has 0 bridgehead atoms. The summed E-state index contributed by atoms with van der Waals surface area (Å²) < 4.78 is 45.2. The Labute approximate surface area is 144 Å². The normalized spacial score (nSPS) is 13.1. The SMILES string of the molecule is COc1ccc(S(=O)(=O)N(C)CCC(N)C(C)C)c(C)c1F.Cl. The fraction of sp³-hybridized carbons (Fsp3) is 0.600. The van der Waals surface area contributed by atoms with Crippen LogP contribution in [0.1, 0.15) is 25.8 Å². The number of nitrogens with zero attached hydrogens (tertiary/aromatic N) is 1. The number of halogens is 2. The summed E-state index contributed by atoms with van der Waals surface area (Å²) in [5, 5.41) is 0. The van der Waals surface area contributed by atoms with Crippen molar-refractivity contribution >= 4 is 22.4 Å². The van der Waals surface area contributed by atoms with Gasteiger partial charge in [0.15, 0.2) is 11.6 Å². The standard InChI is InChI=1S/C15H25FN2O3S.ClH/c1-10(2)12(17)8-9-18(4)22(19,20)14-7-6-13(21-5)15(16)11(14)3;/h6-7,10,12H,8-9,17H2,1-5H3;1H. The zero-order valence-electron chi connectivity index (χ0n) is 14.2. The number of nitrogens with two attached hydrogens (primary N) is 1. The van der Waals surface area contributed by atoms with Gasteiger partial charge in [-0.05, 0) is 31.4 Å². The fourth-order valence-electron chi connectivity index (χ4n) is 2.03. The maximum absolute atomic E-state index is 14.0. The highest BCUT2D eigenvalue weighted by atomic mass is 35.5. The predicted molar refractivity (Wildman–Crippen MR) is 92.2 cm³/mol. The number of ether oxygens (including phenoxy) is 1. The summed E-state index contributed by atoms with van der Waals surface area (Å²) in [6.45, 7) is 5.69. The van der Waals surface area contributed by atoms with Crippen LogP contribution in [0, 0.1) is 18.7 Å². The summed E-state index contributed by atoms with van der Waals surface area (Å²) in [5.41, 5.74) is 6.00. The molecule has 1 atom stereocenters. The van der Waals surface area contributed by atoms with E-state index in [1.54, 1.807) is 0 Å². The van der Waals surface area contributed by atoms with Crippen molar-refractivity contribution < 1.29 is 17.5 Å². The molecule has 8 heteroatoms. The van der Waals surface area contributed by atoms with E-state index in [0.717, 1.165) is 0 Å². The van der Waals surface area contributed by atoms with Crippen molar-refractivity contribution in [3.63, 3.8) is 0 Å². The molecule has 0 heterocycles. The molecule has 0 fully saturated rings. The van der Waals surface area contributed by atoms with Gasteiger partial charge in [0, 0.05) is 25.2 Å². The van der Waals surface area contributed by atoms with Crippen LogP contribution in [0.15, 0.2) is 17.0 Å². The first kappa shape index (κ1) is 22.1. The Hall–Kier alpha value is -0.890. The van der Waals surface area contributed by atoms with Gasteiger partial charge in [-0.15, -0.1) is 12.4 Å². The third kappa shape index (κ3) is 5.04. The fourth-order valence-corrected chi connectivity index (χ4v) is 3.43. The smallest absolute Gasteiger partial charge is 0.243 e. The Bertz CT molecular complexity index is 623. The number of rotatable bonds is 7. The van der Waals surface area contributed by atoms with E-state index in [-0.39, 0.29) is 47.1 Å². The van der Waals surface area contributed by atoms with Crippen molar-refractivity contribution in [3.8, 4) is 5.75 Å². The largest absolute Gasteiger partial charge is 0.494 e. The molecule has 0 amide bonds. The Kier molecular flexibility index (Phi) is 8.48. The second-order valence-corrected chi connectivity index (χ2v) is 7.74. The summed E-state index contributed by atoms with van der Waals surface area (Å²) in [7, 11) is -0.941. The van der Waals surface area contributed by atoms with Crippen molar-refractivity contribution in [2.45, 2.75) is 38.1 Å². The van der Waals surface area contributed by atoms with E-state index in [0.29, 0.717) is 6.42 Å². The summed E-state index contributed by atoms with van der Waals surface area (Å²) in [5.74, 6) is -0.354.